The average molecular weight is 325 g/mol. The van der Waals surface area contributed by atoms with Crippen LogP contribution < -0.4 is 5.32 Å². The lowest BCUT2D eigenvalue weighted by Crippen LogP contribution is -2.50. The third-order valence-corrected chi connectivity index (χ3v) is 4.15. The highest BCUT2D eigenvalue weighted by Crippen LogP contribution is 2.28. The van der Waals surface area contributed by atoms with E-state index in [1.54, 1.807) is 20.8 Å². The zero-order valence-electron chi connectivity index (χ0n) is 14.5. The number of alkyl carbamates (subject to hydrolysis) is 1. The van der Waals surface area contributed by atoms with Crippen molar-refractivity contribution in [3.8, 4) is 12.3 Å². The van der Waals surface area contributed by atoms with Crippen LogP contribution in [0.15, 0.2) is 0 Å². The average Bonchev–Trinajstić information content (AvgIpc) is 2.45. The van der Waals surface area contributed by atoms with Crippen molar-refractivity contribution in [3.63, 3.8) is 0 Å². The van der Waals surface area contributed by atoms with Gasteiger partial charge in [-0.2, -0.15) is 0 Å². The Morgan fingerprint density at radius 1 is 1.30 bits per heavy atom. The molecule has 23 heavy (non-hydrogen) atoms. The maximum atomic E-state index is 12.0. The number of ether oxygens (including phenoxy) is 1. The molecule has 1 aliphatic carbocycles. The minimum atomic E-state index is -1.10. The Kier molecular flexibility index (Phi) is 7.87. The molecule has 3 atom stereocenters. The van der Waals surface area contributed by atoms with E-state index in [4.69, 9.17) is 11.2 Å². The highest BCUT2D eigenvalue weighted by atomic mass is 16.6. The monoisotopic (exact) mass is 325 g/mol. The zero-order chi connectivity index (χ0) is 17.5. The van der Waals surface area contributed by atoms with Crippen molar-refractivity contribution < 1.29 is 19.7 Å². The smallest absolute Gasteiger partial charge is 0.407 e. The number of hydrogen-bond acceptors (Lipinski definition) is 4. The van der Waals surface area contributed by atoms with Gasteiger partial charge in [0, 0.05) is 6.42 Å². The van der Waals surface area contributed by atoms with Crippen LogP contribution in [0.2, 0.25) is 0 Å². The molecule has 1 fully saturated rings. The topological polar surface area (TPSA) is 78.8 Å². The van der Waals surface area contributed by atoms with Gasteiger partial charge in [0.15, 0.2) is 0 Å². The van der Waals surface area contributed by atoms with Crippen LogP contribution in [0.1, 0.15) is 65.7 Å². The van der Waals surface area contributed by atoms with Crippen molar-refractivity contribution in [1.29, 1.82) is 0 Å². The van der Waals surface area contributed by atoms with Crippen LogP contribution in [0.3, 0.4) is 0 Å². The molecule has 0 aromatic heterocycles. The molecule has 0 heterocycles. The lowest BCUT2D eigenvalue weighted by atomic mass is 9.83. The van der Waals surface area contributed by atoms with E-state index in [0.717, 1.165) is 12.8 Å². The molecule has 5 nitrogen and oxygen atoms in total. The molecule has 0 spiro atoms. The second kappa shape index (κ2) is 9.14. The van der Waals surface area contributed by atoms with Crippen LogP contribution in [-0.4, -0.2) is 40.2 Å². The van der Waals surface area contributed by atoms with E-state index in [0.29, 0.717) is 12.3 Å². The summed E-state index contributed by atoms with van der Waals surface area (Å²) in [6.45, 7) is 5.35. The van der Waals surface area contributed by atoms with Crippen molar-refractivity contribution >= 4 is 6.09 Å². The van der Waals surface area contributed by atoms with Crippen LogP contribution in [0, 0.1) is 18.3 Å². The Bertz CT molecular complexity index is 404. The molecular formula is C18H31NO4. The van der Waals surface area contributed by atoms with Gasteiger partial charge in [0.25, 0.3) is 0 Å². The maximum Gasteiger partial charge on any atom is 0.407 e. The molecule has 3 N–H and O–H groups in total. The van der Waals surface area contributed by atoms with Gasteiger partial charge in [-0.05, 0) is 33.1 Å². The molecule has 1 rings (SSSR count). The van der Waals surface area contributed by atoms with Gasteiger partial charge >= 0.3 is 6.09 Å². The Balaban J connectivity index is 2.70. The van der Waals surface area contributed by atoms with Gasteiger partial charge in [0.05, 0.1) is 12.1 Å². The van der Waals surface area contributed by atoms with E-state index in [1.807, 2.05) is 0 Å². The van der Waals surface area contributed by atoms with Crippen LogP contribution in [0.4, 0.5) is 4.79 Å². The van der Waals surface area contributed by atoms with E-state index < -0.39 is 29.9 Å². The fourth-order valence-electron chi connectivity index (χ4n) is 3.03. The minimum absolute atomic E-state index is 0.0539. The molecule has 132 valence electrons. The predicted octanol–water partition coefficient (Wildman–Crippen LogP) is 2.60. The second-order valence-corrected chi connectivity index (χ2v) is 7.46. The predicted molar refractivity (Wildman–Crippen MR) is 89.8 cm³/mol. The second-order valence-electron chi connectivity index (χ2n) is 7.46. The van der Waals surface area contributed by atoms with E-state index >= 15 is 0 Å². The molecule has 0 bridgehead atoms. The van der Waals surface area contributed by atoms with Crippen LogP contribution in [0.25, 0.3) is 0 Å². The molecule has 1 aliphatic rings. The summed E-state index contributed by atoms with van der Waals surface area (Å²) in [7, 11) is 0. The van der Waals surface area contributed by atoms with Gasteiger partial charge in [-0.25, -0.2) is 4.79 Å². The number of carbonyl (C=O) groups is 1. The number of terminal acetylenes is 1. The fraction of sp³-hybridized carbons (Fsp3) is 0.833. The lowest BCUT2D eigenvalue weighted by Gasteiger charge is -2.32. The molecule has 0 unspecified atom stereocenters. The first kappa shape index (κ1) is 19.8. The molecule has 1 saturated carbocycles. The van der Waals surface area contributed by atoms with Crippen molar-refractivity contribution in [2.75, 3.05) is 0 Å². The van der Waals surface area contributed by atoms with Crippen molar-refractivity contribution in [1.82, 2.24) is 5.32 Å². The van der Waals surface area contributed by atoms with Crippen molar-refractivity contribution in [2.24, 2.45) is 5.92 Å². The number of carbonyl (C=O) groups excluding carboxylic acids is 1. The minimum Gasteiger partial charge on any atom is -0.444 e. The van der Waals surface area contributed by atoms with Crippen molar-refractivity contribution in [2.45, 2.75) is 89.6 Å². The van der Waals surface area contributed by atoms with Gasteiger partial charge < -0.3 is 20.3 Å². The van der Waals surface area contributed by atoms with Gasteiger partial charge in [0.2, 0.25) is 0 Å². The summed E-state index contributed by atoms with van der Waals surface area (Å²) in [5.74, 6) is 2.79. The standard InChI is InChI=1S/C18H31NO4/c1-5-9-15(20)16(21)14(12-13-10-7-6-8-11-13)19-17(22)23-18(2,3)4/h1,13-16,20-21H,6-12H2,2-4H3,(H,19,22)/t14-,15-,16+/m0/s1. The molecule has 0 radical (unpaired) electrons. The summed E-state index contributed by atoms with van der Waals surface area (Å²) in [6, 6.07) is -0.559. The van der Waals surface area contributed by atoms with Crippen LogP contribution in [-0.2, 0) is 4.74 Å². The summed E-state index contributed by atoms with van der Waals surface area (Å²) in [5, 5.41) is 23.1. The summed E-state index contributed by atoms with van der Waals surface area (Å²) < 4.78 is 5.26. The summed E-state index contributed by atoms with van der Waals surface area (Å²) in [6.07, 6.45) is 8.92. The SMILES string of the molecule is C#CC[C@H](O)[C@H](O)[C@H](CC1CCCCC1)NC(=O)OC(C)(C)C. The van der Waals surface area contributed by atoms with Gasteiger partial charge in [-0.3, -0.25) is 0 Å². The Morgan fingerprint density at radius 2 is 1.91 bits per heavy atom. The number of aliphatic hydroxyl groups is 2. The number of amides is 1. The summed E-state index contributed by atoms with van der Waals surface area (Å²) in [4.78, 5) is 12.0. The number of aliphatic hydroxyl groups excluding tert-OH is 2. The Hall–Kier alpha value is -1.25. The highest BCUT2D eigenvalue weighted by molar-refractivity contribution is 5.68. The largest absolute Gasteiger partial charge is 0.444 e. The third-order valence-electron chi connectivity index (χ3n) is 4.15. The van der Waals surface area contributed by atoms with Crippen molar-refractivity contribution in [3.05, 3.63) is 0 Å². The maximum absolute atomic E-state index is 12.0. The quantitative estimate of drug-likeness (QED) is 0.656. The summed E-state index contributed by atoms with van der Waals surface area (Å²) >= 11 is 0. The molecule has 0 aromatic carbocycles. The normalized spacial score (nSPS) is 20.2. The van der Waals surface area contributed by atoms with E-state index in [1.165, 1.54) is 19.3 Å². The number of nitrogens with one attached hydrogen (secondary N) is 1. The van der Waals surface area contributed by atoms with Gasteiger partial charge in [-0.1, -0.05) is 32.1 Å². The summed E-state index contributed by atoms with van der Waals surface area (Å²) in [5.41, 5.74) is -0.609. The molecule has 0 aromatic rings. The lowest BCUT2D eigenvalue weighted by molar-refractivity contribution is -0.0124. The zero-order valence-corrected chi connectivity index (χ0v) is 14.5. The first-order chi connectivity index (χ1) is 10.7. The molecular weight excluding hydrogens is 294 g/mol. The number of rotatable bonds is 6. The molecule has 0 saturated heterocycles. The first-order valence-electron chi connectivity index (χ1n) is 8.52. The fourth-order valence-corrected chi connectivity index (χ4v) is 3.03. The van der Waals surface area contributed by atoms with Crippen LogP contribution in [0.5, 0.6) is 0 Å². The number of hydrogen-bond donors (Lipinski definition) is 3. The van der Waals surface area contributed by atoms with E-state index in [2.05, 4.69) is 11.2 Å². The first-order valence-corrected chi connectivity index (χ1v) is 8.52. The van der Waals surface area contributed by atoms with Gasteiger partial charge in [-0.15, -0.1) is 12.3 Å². The molecule has 5 heteroatoms. The van der Waals surface area contributed by atoms with Gasteiger partial charge in [0.1, 0.15) is 11.7 Å². The Labute approximate surface area is 139 Å². The third kappa shape index (κ3) is 7.71. The highest BCUT2D eigenvalue weighted by Gasteiger charge is 2.31. The van der Waals surface area contributed by atoms with E-state index in [9.17, 15) is 15.0 Å². The molecule has 1 amide bonds. The van der Waals surface area contributed by atoms with Crippen LogP contribution >= 0.6 is 0 Å². The molecule has 0 aliphatic heterocycles. The van der Waals surface area contributed by atoms with E-state index in [-0.39, 0.29) is 6.42 Å². The Morgan fingerprint density at radius 3 is 2.43 bits per heavy atom.